The SMILES string of the molecule is COC(=O)C(=O)C(=O)Oc1ccc(C[C@H](N)C(=O)O)cc1. The van der Waals surface area contributed by atoms with Crippen molar-refractivity contribution in [2.75, 3.05) is 7.11 Å². The van der Waals surface area contributed by atoms with Gasteiger partial charge in [0.25, 0.3) is 0 Å². The van der Waals surface area contributed by atoms with Crippen LogP contribution in [0.15, 0.2) is 24.3 Å². The molecule has 1 aromatic rings. The Kier molecular flexibility index (Phi) is 5.56. The highest BCUT2D eigenvalue weighted by atomic mass is 16.6. The van der Waals surface area contributed by atoms with Gasteiger partial charge in [-0.25, -0.2) is 9.59 Å². The summed E-state index contributed by atoms with van der Waals surface area (Å²) in [6.07, 6.45) is 0.102. The maximum atomic E-state index is 11.3. The van der Waals surface area contributed by atoms with Gasteiger partial charge in [-0.2, -0.15) is 0 Å². The van der Waals surface area contributed by atoms with E-state index < -0.39 is 29.7 Å². The number of ketones is 1. The normalized spacial score (nSPS) is 11.3. The number of hydrogen-bond donors (Lipinski definition) is 2. The number of carboxylic acids is 1. The van der Waals surface area contributed by atoms with Gasteiger partial charge in [-0.15, -0.1) is 0 Å². The summed E-state index contributed by atoms with van der Waals surface area (Å²) in [5, 5.41) is 8.68. The van der Waals surface area contributed by atoms with E-state index in [1.54, 1.807) is 0 Å². The molecule has 3 N–H and O–H groups in total. The number of benzene rings is 1. The molecule has 112 valence electrons. The predicted molar refractivity (Wildman–Crippen MR) is 68.4 cm³/mol. The average Bonchev–Trinajstić information content (AvgIpc) is 2.47. The quantitative estimate of drug-likeness (QED) is 0.304. The third-order valence-electron chi connectivity index (χ3n) is 2.46. The lowest BCUT2D eigenvalue weighted by molar-refractivity contribution is -0.159. The van der Waals surface area contributed by atoms with Gasteiger partial charge < -0.3 is 20.3 Å². The Labute approximate surface area is 119 Å². The number of Topliss-reactive ketones (excluding diaryl/α,β-unsaturated/α-hetero) is 1. The molecule has 0 radical (unpaired) electrons. The van der Waals surface area contributed by atoms with Crippen molar-refractivity contribution in [2.24, 2.45) is 5.73 Å². The van der Waals surface area contributed by atoms with Gasteiger partial charge in [0.2, 0.25) is 0 Å². The van der Waals surface area contributed by atoms with E-state index in [-0.39, 0.29) is 12.2 Å². The minimum absolute atomic E-state index is 0.0323. The molecule has 0 heterocycles. The van der Waals surface area contributed by atoms with Crippen LogP contribution in [0.1, 0.15) is 5.56 Å². The number of nitrogens with two attached hydrogens (primary N) is 1. The van der Waals surface area contributed by atoms with E-state index in [1.165, 1.54) is 24.3 Å². The second kappa shape index (κ2) is 7.15. The summed E-state index contributed by atoms with van der Waals surface area (Å²) in [6.45, 7) is 0. The molecule has 0 aliphatic rings. The second-order valence-corrected chi connectivity index (χ2v) is 4.00. The summed E-state index contributed by atoms with van der Waals surface area (Å²) in [5.74, 6) is -5.20. The van der Waals surface area contributed by atoms with Crippen LogP contribution in [0.5, 0.6) is 5.75 Å². The standard InChI is InChI=1S/C13H13NO7/c1-20-12(18)10(15)13(19)21-8-4-2-7(3-5-8)6-9(14)11(16)17/h2-5,9H,6,14H2,1H3,(H,16,17)/t9-/m0/s1. The van der Waals surface area contributed by atoms with Crippen LogP contribution < -0.4 is 10.5 Å². The lowest BCUT2D eigenvalue weighted by Gasteiger charge is -2.07. The van der Waals surface area contributed by atoms with Crippen LogP contribution in [0.2, 0.25) is 0 Å². The number of hydrogen-bond acceptors (Lipinski definition) is 7. The van der Waals surface area contributed by atoms with Gasteiger partial charge in [0.1, 0.15) is 11.8 Å². The highest BCUT2D eigenvalue weighted by molar-refractivity contribution is 6.60. The molecule has 8 nitrogen and oxygen atoms in total. The van der Waals surface area contributed by atoms with Crippen molar-refractivity contribution < 1.29 is 33.8 Å². The maximum absolute atomic E-state index is 11.3. The van der Waals surface area contributed by atoms with Gasteiger partial charge in [0.15, 0.2) is 0 Å². The highest BCUT2D eigenvalue weighted by Gasteiger charge is 2.25. The minimum Gasteiger partial charge on any atom is -0.480 e. The molecule has 0 amide bonds. The molecule has 21 heavy (non-hydrogen) atoms. The van der Waals surface area contributed by atoms with Crippen LogP contribution in [0, 0.1) is 0 Å². The van der Waals surface area contributed by atoms with Crippen molar-refractivity contribution in [2.45, 2.75) is 12.5 Å². The second-order valence-electron chi connectivity index (χ2n) is 4.00. The van der Waals surface area contributed by atoms with Gasteiger partial charge >= 0.3 is 23.7 Å². The van der Waals surface area contributed by atoms with Crippen LogP contribution in [-0.2, 0) is 30.3 Å². The first kappa shape index (κ1) is 16.3. The predicted octanol–water partition coefficient (Wildman–Crippen LogP) is -0.711. The number of carbonyl (C=O) groups is 4. The zero-order valence-corrected chi connectivity index (χ0v) is 11.1. The Balaban J connectivity index is 2.67. The van der Waals surface area contributed by atoms with Gasteiger partial charge in [-0.3, -0.25) is 9.59 Å². The number of methoxy groups -OCH3 is 1. The third-order valence-corrected chi connectivity index (χ3v) is 2.46. The van der Waals surface area contributed by atoms with Crippen molar-refractivity contribution in [3.8, 4) is 5.75 Å². The molecular weight excluding hydrogens is 282 g/mol. The Morgan fingerprint density at radius 1 is 1.14 bits per heavy atom. The lowest BCUT2D eigenvalue weighted by Crippen LogP contribution is -2.32. The van der Waals surface area contributed by atoms with Crippen LogP contribution in [-0.4, -0.2) is 41.9 Å². The summed E-state index contributed by atoms with van der Waals surface area (Å²) >= 11 is 0. The van der Waals surface area contributed by atoms with E-state index in [9.17, 15) is 19.2 Å². The van der Waals surface area contributed by atoms with Crippen LogP contribution >= 0.6 is 0 Å². The van der Waals surface area contributed by atoms with E-state index >= 15 is 0 Å². The number of ether oxygens (including phenoxy) is 2. The molecule has 8 heteroatoms. The topological polar surface area (TPSA) is 133 Å². The Bertz CT molecular complexity index is 564. The number of rotatable bonds is 6. The zero-order chi connectivity index (χ0) is 16.0. The molecule has 0 aliphatic carbocycles. The monoisotopic (exact) mass is 295 g/mol. The molecule has 0 fully saturated rings. The fourth-order valence-corrected chi connectivity index (χ4v) is 1.36. The zero-order valence-electron chi connectivity index (χ0n) is 11.1. The number of esters is 2. The molecule has 0 bridgehead atoms. The largest absolute Gasteiger partial charge is 0.480 e. The molecule has 0 saturated carbocycles. The van der Waals surface area contributed by atoms with Gasteiger partial charge in [0.05, 0.1) is 7.11 Å². The molecule has 0 spiro atoms. The minimum atomic E-state index is -1.42. The lowest BCUT2D eigenvalue weighted by atomic mass is 10.1. The smallest absolute Gasteiger partial charge is 0.392 e. The molecule has 0 unspecified atom stereocenters. The summed E-state index contributed by atoms with van der Waals surface area (Å²) in [6, 6.07) is 4.65. The Morgan fingerprint density at radius 3 is 2.19 bits per heavy atom. The van der Waals surface area contributed by atoms with E-state index in [0.29, 0.717) is 5.56 Å². The highest BCUT2D eigenvalue weighted by Crippen LogP contribution is 2.13. The van der Waals surface area contributed by atoms with Gasteiger partial charge in [-0.1, -0.05) is 12.1 Å². The molecule has 0 aromatic heterocycles. The third kappa shape index (κ3) is 4.69. The van der Waals surface area contributed by atoms with Crippen molar-refractivity contribution in [1.82, 2.24) is 0 Å². The van der Waals surface area contributed by atoms with Crippen LogP contribution in [0.4, 0.5) is 0 Å². The fraction of sp³-hybridized carbons (Fsp3) is 0.231. The van der Waals surface area contributed by atoms with E-state index in [1.807, 2.05) is 0 Å². The van der Waals surface area contributed by atoms with Gasteiger partial charge in [0, 0.05) is 0 Å². The van der Waals surface area contributed by atoms with Gasteiger partial charge in [-0.05, 0) is 24.1 Å². The first-order valence-electron chi connectivity index (χ1n) is 5.77. The maximum Gasteiger partial charge on any atom is 0.392 e. The number of carboxylic acid groups (broad SMARTS) is 1. The fourth-order valence-electron chi connectivity index (χ4n) is 1.36. The van der Waals surface area contributed by atoms with Crippen molar-refractivity contribution in [3.05, 3.63) is 29.8 Å². The molecule has 1 aromatic carbocycles. The number of aliphatic carboxylic acids is 1. The summed E-state index contributed by atoms with van der Waals surface area (Å²) in [4.78, 5) is 43.9. The van der Waals surface area contributed by atoms with E-state index in [0.717, 1.165) is 7.11 Å². The summed E-state index contributed by atoms with van der Waals surface area (Å²) in [5.41, 5.74) is 5.99. The number of carbonyl (C=O) groups excluding carboxylic acids is 3. The molecule has 0 aliphatic heterocycles. The Hall–Kier alpha value is -2.74. The molecular formula is C13H13NO7. The van der Waals surface area contributed by atoms with Crippen LogP contribution in [0.25, 0.3) is 0 Å². The first-order chi connectivity index (χ1) is 9.85. The summed E-state index contributed by atoms with van der Waals surface area (Å²) < 4.78 is 8.77. The average molecular weight is 295 g/mol. The summed E-state index contributed by atoms with van der Waals surface area (Å²) in [7, 11) is 0.966. The van der Waals surface area contributed by atoms with Crippen molar-refractivity contribution >= 4 is 23.7 Å². The van der Waals surface area contributed by atoms with E-state index in [2.05, 4.69) is 9.47 Å². The Morgan fingerprint density at radius 2 is 1.71 bits per heavy atom. The van der Waals surface area contributed by atoms with Crippen molar-refractivity contribution in [1.29, 1.82) is 0 Å². The molecule has 1 rings (SSSR count). The van der Waals surface area contributed by atoms with E-state index in [4.69, 9.17) is 10.8 Å². The van der Waals surface area contributed by atoms with Crippen molar-refractivity contribution in [3.63, 3.8) is 0 Å². The molecule has 0 saturated heterocycles. The van der Waals surface area contributed by atoms with Crippen LogP contribution in [0.3, 0.4) is 0 Å². The first-order valence-corrected chi connectivity index (χ1v) is 5.77. The molecule has 1 atom stereocenters.